The van der Waals surface area contributed by atoms with E-state index in [1.54, 1.807) is 30.1 Å². The van der Waals surface area contributed by atoms with Crippen LogP contribution in [-0.4, -0.2) is 41.3 Å². The van der Waals surface area contributed by atoms with Crippen LogP contribution < -0.4 is 5.32 Å². The number of rotatable bonds is 7. The molecule has 1 saturated heterocycles. The lowest BCUT2D eigenvalue weighted by atomic mass is 10.3. The average Bonchev–Trinajstić information content (AvgIpc) is 3.47. The summed E-state index contributed by atoms with van der Waals surface area (Å²) in [7, 11) is -1.49. The van der Waals surface area contributed by atoms with E-state index in [1.807, 2.05) is 42.1 Å². The van der Waals surface area contributed by atoms with Crippen LogP contribution in [0.2, 0.25) is 0 Å². The first-order valence-electron chi connectivity index (χ1n) is 9.56. The van der Waals surface area contributed by atoms with Crippen molar-refractivity contribution in [3.63, 3.8) is 0 Å². The first kappa shape index (κ1) is 21.1. The molecule has 3 heterocycles. The second-order valence-corrected chi connectivity index (χ2v) is 11.4. The van der Waals surface area contributed by atoms with Crippen molar-refractivity contribution in [1.82, 2.24) is 13.9 Å². The quantitative estimate of drug-likeness (QED) is 0.580. The predicted molar refractivity (Wildman–Crippen MR) is 118 cm³/mol. The van der Waals surface area contributed by atoms with Gasteiger partial charge in [0.05, 0.1) is 6.42 Å². The zero-order valence-electron chi connectivity index (χ0n) is 16.4. The Bertz CT molecular complexity index is 1130. The van der Waals surface area contributed by atoms with Gasteiger partial charge in [0, 0.05) is 48.0 Å². The predicted octanol–water partition coefficient (Wildman–Crippen LogP) is 3.60. The molecule has 1 aliphatic heterocycles. The Balaban J connectivity index is 1.35. The maximum atomic E-state index is 12.6. The summed E-state index contributed by atoms with van der Waals surface area (Å²) in [5.74, 6) is -0.175. The summed E-state index contributed by atoms with van der Waals surface area (Å²) in [4.78, 5) is 18.4. The van der Waals surface area contributed by atoms with Crippen molar-refractivity contribution in [2.24, 2.45) is 7.05 Å². The molecule has 4 rings (SSSR count). The van der Waals surface area contributed by atoms with Crippen molar-refractivity contribution in [2.45, 2.75) is 33.5 Å². The summed E-state index contributed by atoms with van der Waals surface area (Å²) in [6.07, 6.45) is 5.59. The Morgan fingerprint density at radius 2 is 1.90 bits per heavy atom. The van der Waals surface area contributed by atoms with Crippen LogP contribution in [0.5, 0.6) is 0 Å². The van der Waals surface area contributed by atoms with E-state index in [2.05, 4.69) is 10.3 Å². The molecule has 30 heavy (non-hydrogen) atoms. The van der Waals surface area contributed by atoms with Crippen LogP contribution in [0.4, 0.5) is 5.69 Å². The number of benzene rings is 1. The van der Waals surface area contributed by atoms with Gasteiger partial charge in [-0.1, -0.05) is 11.8 Å². The van der Waals surface area contributed by atoms with E-state index in [1.165, 1.54) is 15.6 Å². The number of carbonyl (C=O) groups excluding carboxylic acids is 1. The van der Waals surface area contributed by atoms with Gasteiger partial charge in [0.2, 0.25) is 5.91 Å². The lowest BCUT2D eigenvalue weighted by Gasteiger charge is -2.13. The SMILES string of the molecule is Cn1ccnc1Sc1ccc(NC(=O)Cc2ccc(S(=O)(=O)N3CCCC3)s2)cc1. The number of hydrogen-bond donors (Lipinski definition) is 1. The Hall–Kier alpha value is -2.14. The molecule has 2 aromatic heterocycles. The molecular weight excluding hydrogens is 440 g/mol. The van der Waals surface area contributed by atoms with Crippen molar-refractivity contribution >= 4 is 44.7 Å². The molecular formula is C20H22N4O3S3. The van der Waals surface area contributed by atoms with E-state index in [0.717, 1.165) is 27.8 Å². The van der Waals surface area contributed by atoms with Gasteiger partial charge in [-0.25, -0.2) is 13.4 Å². The molecule has 7 nitrogen and oxygen atoms in total. The number of aryl methyl sites for hydroxylation is 1. The molecule has 0 spiro atoms. The third-order valence-electron chi connectivity index (χ3n) is 4.76. The number of hydrogen-bond acceptors (Lipinski definition) is 6. The lowest BCUT2D eigenvalue weighted by molar-refractivity contribution is -0.115. The van der Waals surface area contributed by atoms with Crippen LogP contribution >= 0.6 is 23.1 Å². The molecule has 0 radical (unpaired) electrons. The molecule has 0 bridgehead atoms. The molecule has 1 aliphatic rings. The zero-order valence-corrected chi connectivity index (χ0v) is 18.9. The van der Waals surface area contributed by atoms with E-state index in [4.69, 9.17) is 0 Å². The molecule has 0 aliphatic carbocycles. The van der Waals surface area contributed by atoms with E-state index >= 15 is 0 Å². The number of nitrogens with one attached hydrogen (secondary N) is 1. The number of imidazole rings is 1. The summed E-state index contributed by atoms with van der Waals surface area (Å²) in [6.45, 7) is 1.15. The van der Waals surface area contributed by atoms with Crippen LogP contribution in [-0.2, 0) is 28.3 Å². The van der Waals surface area contributed by atoms with Crippen molar-refractivity contribution in [3.05, 3.63) is 53.7 Å². The number of nitrogens with zero attached hydrogens (tertiary/aromatic N) is 3. The monoisotopic (exact) mass is 462 g/mol. The number of thiophene rings is 1. The average molecular weight is 463 g/mol. The highest BCUT2D eigenvalue weighted by Gasteiger charge is 2.28. The highest BCUT2D eigenvalue weighted by atomic mass is 32.2. The van der Waals surface area contributed by atoms with Crippen LogP contribution in [0.3, 0.4) is 0 Å². The Morgan fingerprint density at radius 3 is 2.57 bits per heavy atom. The van der Waals surface area contributed by atoms with Gasteiger partial charge in [0.1, 0.15) is 4.21 Å². The van der Waals surface area contributed by atoms with E-state index < -0.39 is 10.0 Å². The van der Waals surface area contributed by atoms with Gasteiger partial charge < -0.3 is 9.88 Å². The molecule has 0 saturated carbocycles. The van der Waals surface area contributed by atoms with E-state index in [0.29, 0.717) is 23.0 Å². The molecule has 1 amide bonds. The van der Waals surface area contributed by atoms with Gasteiger partial charge in [-0.3, -0.25) is 4.79 Å². The third-order valence-corrected chi connectivity index (χ3v) is 9.29. The molecule has 158 valence electrons. The topological polar surface area (TPSA) is 84.3 Å². The Morgan fingerprint density at radius 1 is 1.17 bits per heavy atom. The maximum absolute atomic E-state index is 12.6. The molecule has 1 aromatic carbocycles. The highest BCUT2D eigenvalue weighted by Crippen LogP contribution is 2.29. The molecule has 10 heteroatoms. The van der Waals surface area contributed by atoms with Crippen LogP contribution in [0.1, 0.15) is 17.7 Å². The normalized spacial score (nSPS) is 14.8. The number of anilines is 1. The van der Waals surface area contributed by atoms with Crippen molar-refractivity contribution < 1.29 is 13.2 Å². The first-order valence-corrected chi connectivity index (χ1v) is 12.6. The molecule has 0 atom stereocenters. The molecule has 1 fully saturated rings. The second-order valence-electron chi connectivity index (χ2n) is 7.00. The summed E-state index contributed by atoms with van der Waals surface area (Å²) >= 11 is 2.71. The number of aromatic nitrogens is 2. The van der Waals surface area contributed by atoms with E-state index in [-0.39, 0.29) is 12.3 Å². The third kappa shape index (κ3) is 4.77. The fourth-order valence-corrected chi connectivity index (χ4v) is 7.00. The summed E-state index contributed by atoms with van der Waals surface area (Å²) in [5.41, 5.74) is 0.700. The number of sulfonamides is 1. The summed E-state index contributed by atoms with van der Waals surface area (Å²) in [6, 6.07) is 10.9. The Labute approximate surface area is 184 Å². The second kappa shape index (κ2) is 8.93. The Kier molecular flexibility index (Phi) is 6.28. The van der Waals surface area contributed by atoms with Crippen LogP contribution in [0, 0.1) is 0 Å². The van der Waals surface area contributed by atoms with Crippen molar-refractivity contribution in [3.8, 4) is 0 Å². The summed E-state index contributed by atoms with van der Waals surface area (Å²) in [5, 5.41) is 3.76. The van der Waals surface area contributed by atoms with Gasteiger partial charge in [0.25, 0.3) is 10.0 Å². The van der Waals surface area contributed by atoms with Gasteiger partial charge in [-0.05, 0) is 49.2 Å². The van der Waals surface area contributed by atoms with Gasteiger partial charge in [-0.2, -0.15) is 4.31 Å². The van der Waals surface area contributed by atoms with Gasteiger partial charge >= 0.3 is 0 Å². The lowest BCUT2D eigenvalue weighted by Crippen LogP contribution is -2.27. The van der Waals surface area contributed by atoms with Crippen molar-refractivity contribution in [2.75, 3.05) is 18.4 Å². The smallest absolute Gasteiger partial charge is 0.252 e. The number of amides is 1. The molecule has 3 aromatic rings. The standard InChI is InChI=1S/C20H22N4O3S3/c1-23-13-10-21-20(23)29-16-6-4-15(5-7-16)22-18(25)14-17-8-9-19(28-17)30(26,27)24-11-2-3-12-24/h4-10,13H,2-3,11-12,14H2,1H3,(H,22,25). The minimum atomic E-state index is -3.43. The minimum absolute atomic E-state index is 0.143. The summed E-state index contributed by atoms with van der Waals surface area (Å²) < 4.78 is 29.0. The first-order chi connectivity index (χ1) is 14.4. The fraction of sp³-hybridized carbons (Fsp3) is 0.300. The molecule has 1 N–H and O–H groups in total. The number of carbonyl (C=O) groups is 1. The van der Waals surface area contributed by atoms with Crippen LogP contribution in [0.25, 0.3) is 0 Å². The molecule has 0 unspecified atom stereocenters. The van der Waals surface area contributed by atoms with Gasteiger partial charge in [0.15, 0.2) is 5.16 Å². The highest BCUT2D eigenvalue weighted by molar-refractivity contribution is 7.99. The largest absolute Gasteiger partial charge is 0.329 e. The maximum Gasteiger partial charge on any atom is 0.252 e. The van der Waals surface area contributed by atoms with Crippen molar-refractivity contribution in [1.29, 1.82) is 0 Å². The van der Waals surface area contributed by atoms with Crippen LogP contribution in [0.15, 0.2) is 63.1 Å². The fourth-order valence-electron chi connectivity index (χ4n) is 3.17. The van der Waals surface area contributed by atoms with E-state index in [9.17, 15) is 13.2 Å². The zero-order chi connectivity index (χ0) is 21.1. The minimum Gasteiger partial charge on any atom is -0.329 e. The van der Waals surface area contributed by atoms with Gasteiger partial charge in [-0.15, -0.1) is 11.3 Å².